The van der Waals surface area contributed by atoms with Crippen LogP contribution in [-0.2, 0) is 10.0 Å². The van der Waals surface area contributed by atoms with E-state index in [9.17, 15) is 18.5 Å². The van der Waals surface area contributed by atoms with Crippen molar-refractivity contribution in [2.45, 2.75) is 25.2 Å². The molecule has 1 aromatic rings. The van der Waals surface area contributed by atoms with Gasteiger partial charge in [-0.2, -0.15) is 0 Å². The zero-order valence-electron chi connectivity index (χ0n) is 12.2. The Labute approximate surface area is 124 Å². The highest BCUT2D eigenvalue weighted by Crippen LogP contribution is 2.28. The maximum absolute atomic E-state index is 12.5. The first-order chi connectivity index (χ1) is 9.73. The van der Waals surface area contributed by atoms with Crippen LogP contribution in [0.1, 0.15) is 20.3 Å². The van der Waals surface area contributed by atoms with Gasteiger partial charge in [0, 0.05) is 25.7 Å². The monoisotopic (exact) mass is 316 g/mol. The van der Waals surface area contributed by atoms with Crippen molar-refractivity contribution >= 4 is 21.4 Å². The zero-order valence-corrected chi connectivity index (χ0v) is 13.1. The number of hydrogen-bond acceptors (Lipinski definition) is 6. The number of rotatable bonds is 7. The highest BCUT2D eigenvalue weighted by molar-refractivity contribution is 7.89. The van der Waals surface area contributed by atoms with Gasteiger partial charge in [-0.25, -0.2) is 12.7 Å². The van der Waals surface area contributed by atoms with Gasteiger partial charge in [0.15, 0.2) is 0 Å². The third-order valence-corrected chi connectivity index (χ3v) is 5.15. The second-order valence-electron chi connectivity index (χ2n) is 4.88. The molecule has 1 aromatic carbocycles. The molecule has 0 radical (unpaired) electrons. The third-order valence-electron chi connectivity index (χ3n) is 3.29. The topological polar surface area (TPSA) is 119 Å². The lowest BCUT2D eigenvalue weighted by molar-refractivity contribution is -0.385. The molecule has 1 unspecified atom stereocenters. The molecular weight excluding hydrogens is 296 g/mol. The van der Waals surface area contributed by atoms with Crippen LogP contribution in [0.5, 0.6) is 0 Å². The molecule has 21 heavy (non-hydrogen) atoms. The molecule has 1 rings (SSSR count). The van der Waals surface area contributed by atoms with Crippen LogP contribution in [0.3, 0.4) is 0 Å². The van der Waals surface area contributed by atoms with Crippen molar-refractivity contribution in [3.8, 4) is 0 Å². The predicted molar refractivity (Wildman–Crippen MR) is 80.2 cm³/mol. The van der Waals surface area contributed by atoms with E-state index in [-0.39, 0.29) is 22.2 Å². The number of benzene rings is 1. The number of sulfonamides is 1. The van der Waals surface area contributed by atoms with Crippen LogP contribution in [0.15, 0.2) is 23.1 Å². The first-order valence-electron chi connectivity index (χ1n) is 6.45. The Balaban J connectivity index is 3.28. The summed E-state index contributed by atoms with van der Waals surface area (Å²) in [4.78, 5) is 9.97. The highest BCUT2D eigenvalue weighted by atomic mass is 32.2. The Hall–Kier alpha value is -1.71. The smallest absolute Gasteiger partial charge is 0.270 e. The summed E-state index contributed by atoms with van der Waals surface area (Å²) in [5.74, 6) is 5.48. The summed E-state index contributed by atoms with van der Waals surface area (Å²) in [6.07, 6.45) is 0.830. The van der Waals surface area contributed by atoms with Crippen molar-refractivity contribution in [2.24, 2.45) is 11.8 Å². The molecule has 9 heteroatoms. The number of hydrogen-bond donors (Lipinski definition) is 2. The van der Waals surface area contributed by atoms with Crippen LogP contribution in [0.2, 0.25) is 0 Å². The second-order valence-corrected chi connectivity index (χ2v) is 6.89. The van der Waals surface area contributed by atoms with E-state index in [0.717, 1.165) is 12.5 Å². The van der Waals surface area contributed by atoms with Gasteiger partial charge in [0.2, 0.25) is 10.0 Å². The van der Waals surface area contributed by atoms with E-state index in [0.29, 0.717) is 6.54 Å². The highest BCUT2D eigenvalue weighted by Gasteiger charge is 2.27. The van der Waals surface area contributed by atoms with E-state index in [1.165, 1.54) is 23.5 Å². The van der Waals surface area contributed by atoms with Crippen LogP contribution >= 0.6 is 0 Å². The van der Waals surface area contributed by atoms with Gasteiger partial charge in [0.1, 0.15) is 4.90 Å². The maximum atomic E-state index is 12.5. The number of nitrogens with two attached hydrogens (primary N) is 1. The molecule has 0 fully saturated rings. The molecule has 0 bridgehead atoms. The lowest BCUT2D eigenvalue weighted by Gasteiger charge is -2.21. The summed E-state index contributed by atoms with van der Waals surface area (Å²) in [6.45, 7) is 4.22. The van der Waals surface area contributed by atoms with E-state index >= 15 is 0 Å². The van der Waals surface area contributed by atoms with Crippen LogP contribution in [0, 0.1) is 16.0 Å². The first-order valence-corrected chi connectivity index (χ1v) is 7.89. The molecule has 0 aliphatic carbocycles. The summed E-state index contributed by atoms with van der Waals surface area (Å²) in [5, 5.41) is 10.8. The minimum Gasteiger partial charge on any atom is -0.323 e. The van der Waals surface area contributed by atoms with E-state index in [1.54, 1.807) is 0 Å². The van der Waals surface area contributed by atoms with Gasteiger partial charge in [-0.05, 0) is 12.0 Å². The number of nitrogens with zero attached hydrogens (tertiary/aromatic N) is 2. The zero-order chi connectivity index (χ0) is 16.2. The molecular formula is C12H20N4O4S. The third kappa shape index (κ3) is 3.90. The van der Waals surface area contributed by atoms with Crippen LogP contribution in [-0.4, -0.2) is 31.2 Å². The van der Waals surface area contributed by atoms with E-state index < -0.39 is 14.9 Å². The Bertz CT molecular complexity index is 618. The van der Waals surface area contributed by atoms with Gasteiger partial charge in [-0.3, -0.25) is 16.0 Å². The number of anilines is 1. The molecule has 3 N–H and O–H groups in total. The average Bonchev–Trinajstić information content (AvgIpc) is 2.45. The van der Waals surface area contributed by atoms with Gasteiger partial charge < -0.3 is 5.43 Å². The fourth-order valence-corrected chi connectivity index (χ4v) is 3.25. The minimum absolute atomic E-state index is 0.122. The van der Waals surface area contributed by atoms with E-state index in [4.69, 9.17) is 5.84 Å². The van der Waals surface area contributed by atoms with Gasteiger partial charge in [0.05, 0.1) is 10.6 Å². The second kappa shape index (κ2) is 6.83. The normalized spacial score (nSPS) is 13.2. The Morgan fingerprint density at radius 3 is 2.57 bits per heavy atom. The molecule has 118 valence electrons. The molecule has 0 aromatic heterocycles. The molecule has 0 spiro atoms. The van der Waals surface area contributed by atoms with Gasteiger partial charge in [-0.1, -0.05) is 20.3 Å². The van der Waals surface area contributed by atoms with Crippen molar-refractivity contribution in [3.05, 3.63) is 28.3 Å². The predicted octanol–water partition coefficient (Wildman–Crippen LogP) is 1.55. The lowest BCUT2D eigenvalue weighted by atomic mass is 10.1. The average molecular weight is 316 g/mol. The minimum atomic E-state index is -3.86. The standard InChI is InChI=1S/C12H20N4O4S/c1-4-9(2)8-15(3)21(19,20)12-7-10(16(17)18)5-6-11(12)14-13/h5-7,9,14H,4,8,13H2,1-3H3. The maximum Gasteiger partial charge on any atom is 0.270 e. The summed E-state index contributed by atoms with van der Waals surface area (Å²) in [5.41, 5.74) is 2.08. The molecule has 0 saturated carbocycles. The van der Waals surface area contributed by atoms with Gasteiger partial charge >= 0.3 is 0 Å². The molecule has 1 atom stereocenters. The molecule has 0 amide bonds. The quantitative estimate of drug-likeness (QED) is 0.447. The van der Waals surface area contributed by atoms with Crippen molar-refractivity contribution in [2.75, 3.05) is 19.0 Å². The van der Waals surface area contributed by atoms with Crippen molar-refractivity contribution in [1.29, 1.82) is 0 Å². The molecule has 8 nitrogen and oxygen atoms in total. The van der Waals surface area contributed by atoms with Gasteiger partial charge in [0.25, 0.3) is 5.69 Å². The lowest BCUT2D eigenvalue weighted by Crippen LogP contribution is -2.31. The first kappa shape index (κ1) is 17.3. The van der Waals surface area contributed by atoms with Crippen LogP contribution < -0.4 is 11.3 Å². The van der Waals surface area contributed by atoms with E-state index in [1.807, 2.05) is 13.8 Å². The fraction of sp³-hybridized carbons (Fsp3) is 0.500. The van der Waals surface area contributed by atoms with Crippen molar-refractivity contribution in [1.82, 2.24) is 4.31 Å². The SMILES string of the molecule is CCC(C)CN(C)S(=O)(=O)c1cc([N+](=O)[O-])ccc1NN. The number of nitro benzene ring substituents is 1. The molecule has 0 aliphatic heterocycles. The van der Waals surface area contributed by atoms with Crippen LogP contribution in [0.25, 0.3) is 0 Å². The summed E-state index contributed by atoms with van der Waals surface area (Å²) in [7, 11) is -2.41. The molecule has 0 saturated heterocycles. The number of non-ortho nitro benzene ring substituents is 1. The largest absolute Gasteiger partial charge is 0.323 e. The number of nitrogens with one attached hydrogen (secondary N) is 1. The van der Waals surface area contributed by atoms with Crippen molar-refractivity contribution in [3.63, 3.8) is 0 Å². The summed E-state index contributed by atoms with van der Waals surface area (Å²) >= 11 is 0. The Kier molecular flexibility index (Phi) is 5.64. The number of nitro groups is 1. The molecule has 0 aliphatic rings. The molecule has 0 heterocycles. The van der Waals surface area contributed by atoms with Crippen LogP contribution in [0.4, 0.5) is 11.4 Å². The van der Waals surface area contributed by atoms with E-state index in [2.05, 4.69) is 5.43 Å². The number of hydrazine groups is 1. The summed E-state index contributed by atoms with van der Waals surface area (Å²) < 4.78 is 26.3. The Morgan fingerprint density at radius 2 is 2.10 bits per heavy atom. The number of nitrogen functional groups attached to an aromatic ring is 1. The summed E-state index contributed by atoms with van der Waals surface area (Å²) in [6, 6.07) is 3.49. The Morgan fingerprint density at radius 1 is 1.48 bits per heavy atom. The van der Waals surface area contributed by atoms with Gasteiger partial charge in [-0.15, -0.1) is 0 Å². The fourth-order valence-electron chi connectivity index (χ4n) is 1.79. The van der Waals surface area contributed by atoms with Crippen molar-refractivity contribution < 1.29 is 13.3 Å².